The van der Waals surface area contributed by atoms with E-state index in [1.807, 2.05) is 36.4 Å². The van der Waals surface area contributed by atoms with E-state index in [-0.39, 0.29) is 11.8 Å². The summed E-state index contributed by atoms with van der Waals surface area (Å²) >= 11 is 0. The van der Waals surface area contributed by atoms with E-state index in [1.165, 1.54) is 0 Å². The molecular formula is C19H21N3O2. The third-order valence-corrected chi connectivity index (χ3v) is 4.24. The molecule has 0 aliphatic carbocycles. The molecule has 1 aromatic heterocycles. The standard InChI is InChI=1S/C19H21N3O2/c1-14(23)22-11-10-21-19(22)13-17(18-8-3-4-9-20-18)15-6-5-7-16(12-15)24-2/h3-9,12,17H,10-11,13H2,1-2H3. The third-order valence-electron chi connectivity index (χ3n) is 4.24. The molecule has 1 unspecified atom stereocenters. The highest BCUT2D eigenvalue weighted by Crippen LogP contribution is 2.30. The number of rotatable bonds is 5. The third kappa shape index (κ3) is 3.45. The first-order valence-corrected chi connectivity index (χ1v) is 8.05. The average molecular weight is 323 g/mol. The minimum absolute atomic E-state index is 0.0278. The number of carbonyl (C=O) groups is 1. The Morgan fingerprint density at radius 1 is 1.29 bits per heavy atom. The van der Waals surface area contributed by atoms with E-state index >= 15 is 0 Å². The van der Waals surface area contributed by atoms with E-state index in [0.29, 0.717) is 19.5 Å². The molecule has 0 spiro atoms. The van der Waals surface area contributed by atoms with Gasteiger partial charge in [0.1, 0.15) is 11.6 Å². The van der Waals surface area contributed by atoms with E-state index in [4.69, 9.17) is 4.74 Å². The first kappa shape index (κ1) is 16.2. The normalized spacial score (nSPS) is 15.1. The second-order valence-corrected chi connectivity index (χ2v) is 5.76. The first-order chi connectivity index (χ1) is 11.7. The lowest BCUT2D eigenvalue weighted by atomic mass is 9.91. The quantitative estimate of drug-likeness (QED) is 0.850. The minimum Gasteiger partial charge on any atom is -0.497 e. The number of hydrogen-bond acceptors (Lipinski definition) is 4. The van der Waals surface area contributed by atoms with Crippen molar-refractivity contribution in [2.24, 2.45) is 4.99 Å². The molecule has 1 aliphatic rings. The Labute approximate surface area is 142 Å². The number of methoxy groups -OCH3 is 1. The number of aliphatic imine (C=N–C) groups is 1. The molecule has 1 amide bonds. The van der Waals surface area contributed by atoms with Gasteiger partial charge in [0.25, 0.3) is 0 Å². The fourth-order valence-electron chi connectivity index (χ4n) is 3.02. The van der Waals surface area contributed by atoms with Gasteiger partial charge in [0, 0.05) is 37.7 Å². The molecule has 0 bridgehead atoms. The number of nitrogens with zero attached hydrogens (tertiary/aromatic N) is 3. The second kappa shape index (κ2) is 7.25. The van der Waals surface area contributed by atoms with Crippen molar-refractivity contribution in [1.29, 1.82) is 0 Å². The van der Waals surface area contributed by atoms with Crippen molar-refractivity contribution in [2.75, 3.05) is 20.2 Å². The lowest BCUT2D eigenvalue weighted by molar-refractivity contribution is -0.124. The molecule has 0 saturated carbocycles. The van der Waals surface area contributed by atoms with Gasteiger partial charge in [-0.2, -0.15) is 0 Å². The van der Waals surface area contributed by atoms with Crippen molar-refractivity contribution in [1.82, 2.24) is 9.88 Å². The summed E-state index contributed by atoms with van der Waals surface area (Å²) in [6.07, 6.45) is 2.44. The summed E-state index contributed by atoms with van der Waals surface area (Å²) < 4.78 is 5.36. The summed E-state index contributed by atoms with van der Waals surface area (Å²) in [5.41, 5.74) is 2.06. The maximum atomic E-state index is 11.8. The van der Waals surface area contributed by atoms with Crippen LogP contribution in [0.2, 0.25) is 0 Å². The fraction of sp³-hybridized carbons (Fsp3) is 0.316. The molecule has 1 aliphatic heterocycles. The van der Waals surface area contributed by atoms with Crippen LogP contribution in [0.15, 0.2) is 53.7 Å². The Morgan fingerprint density at radius 2 is 2.17 bits per heavy atom. The van der Waals surface area contributed by atoms with Crippen LogP contribution in [0.5, 0.6) is 5.75 Å². The lowest BCUT2D eigenvalue weighted by Gasteiger charge is -2.22. The smallest absolute Gasteiger partial charge is 0.224 e. The number of pyridine rings is 1. The summed E-state index contributed by atoms with van der Waals surface area (Å²) in [5, 5.41) is 0. The highest BCUT2D eigenvalue weighted by atomic mass is 16.5. The van der Waals surface area contributed by atoms with Gasteiger partial charge in [0.15, 0.2) is 0 Å². The summed E-state index contributed by atoms with van der Waals surface area (Å²) in [4.78, 5) is 22.6. The fourth-order valence-corrected chi connectivity index (χ4v) is 3.02. The Hall–Kier alpha value is -2.69. The van der Waals surface area contributed by atoms with Gasteiger partial charge in [-0.25, -0.2) is 0 Å². The van der Waals surface area contributed by atoms with E-state index in [2.05, 4.69) is 16.0 Å². The van der Waals surface area contributed by atoms with Gasteiger partial charge in [-0.15, -0.1) is 0 Å². The highest BCUT2D eigenvalue weighted by Gasteiger charge is 2.26. The van der Waals surface area contributed by atoms with Crippen molar-refractivity contribution in [3.05, 3.63) is 59.9 Å². The Bertz CT molecular complexity index is 743. The van der Waals surface area contributed by atoms with Crippen LogP contribution in [0.4, 0.5) is 0 Å². The molecule has 2 aromatic rings. The molecular weight excluding hydrogens is 302 g/mol. The molecule has 5 heteroatoms. The van der Waals surface area contributed by atoms with Crippen LogP contribution in [0.1, 0.15) is 30.5 Å². The molecule has 5 nitrogen and oxygen atoms in total. The maximum Gasteiger partial charge on any atom is 0.224 e. The maximum absolute atomic E-state index is 11.8. The summed E-state index contributed by atoms with van der Waals surface area (Å²) in [6.45, 7) is 2.92. The van der Waals surface area contributed by atoms with Gasteiger partial charge >= 0.3 is 0 Å². The molecule has 2 heterocycles. The van der Waals surface area contributed by atoms with Crippen LogP contribution in [0, 0.1) is 0 Å². The number of carbonyl (C=O) groups excluding carboxylic acids is 1. The van der Waals surface area contributed by atoms with Gasteiger partial charge in [-0.1, -0.05) is 18.2 Å². The highest BCUT2D eigenvalue weighted by molar-refractivity contribution is 5.99. The van der Waals surface area contributed by atoms with Crippen molar-refractivity contribution in [3.8, 4) is 5.75 Å². The van der Waals surface area contributed by atoms with Gasteiger partial charge in [-0.3, -0.25) is 19.7 Å². The average Bonchev–Trinajstić information content (AvgIpc) is 3.09. The zero-order valence-electron chi connectivity index (χ0n) is 14.0. The summed E-state index contributed by atoms with van der Waals surface area (Å²) in [7, 11) is 1.66. The van der Waals surface area contributed by atoms with E-state index in [1.54, 1.807) is 25.1 Å². The zero-order chi connectivity index (χ0) is 16.9. The number of amides is 1. The van der Waals surface area contributed by atoms with Gasteiger partial charge in [0.2, 0.25) is 5.91 Å². The lowest BCUT2D eigenvalue weighted by Crippen LogP contribution is -2.33. The van der Waals surface area contributed by atoms with E-state index in [0.717, 1.165) is 22.8 Å². The number of amidine groups is 1. The Balaban J connectivity index is 1.95. The monoisotopic (exact) mass is 323 g/mol. The molecule has 3 rings (SSSR count). The zero-order valence-corrected chi connectivity index (χ0v) is 14.0. The van der Waals surface area contributed by atoms with Crippen molar-refractivity contribution < 1.29 is 9.53 Å². The molecule has 124 valence electrons. The van der Waals surface area contributed by atoms with Crippen LogP contribution in [-0.2, 0) is 4.79 Å². The van der Waals surface area contributed by atoms with E-state index in [9.17, 15) is 4.79 Å². The van der Waals surface area contributed by atoms with Crippen LogP contribution >= 0.6 is 0 Å². The number of ether oxygens (including phenoxy) is 1. The molecule has 0 saturated heterocycles. The first-order valence-electron chi connectivity index (χ1n) is 8.05. The number of hydrogen-bond donors (Lipinski definition) is 0. The Kier molecular flexibility index (Phi) is 4.89. The molecule has 1 atom stereocenters. The second-order valence-electron chi connectivity index (χ2n) is 5.76. The molecule has 24 heavy (non-hydrogen) atoms. The van der Waals surface area contributed by atoms with Gasteiger partial charge in [-0.05, 0) is 29.8 Å². The van der Waals surface area contributed by atoms with Crippen LogP contribution < -0.4 is 4.74 Å². The van der Waals surface area contributed by atoms with Crippen molar-refractivity contribution in [3.63, 3.8) is 0 Å². The number of benzene rings is 1. The molecule has 1 aromatic carbocycles. The van der Waals surface area contributed by atoms with Crippen molar-refractivity contribution >= 4 is 11.7 Å². The van der Waals surface area contributed by atoms with Gasteiger partial charge in [0.05, 0.1) is 13.7 Å². The van der Waals surface area contributed by atoms with E-state index < -0.39 is 0 Å². The van der Waals surface area contributed by atoms with Crippen LogP contribution in [-0.4, -0.2) is 41.8 Å². The summed E-state index contributed by atoms with van der Waals surface area (Å²) in [6, 6.07) is 13.9. The molecule has 0 radical (unpaired) electrons. The predicted molar refractivity (Wildman–Crippen MR) is 93.4 cm³/mol. The van der Waals surface area contributed by atoms with Crippen LogP contribution in [0.25, 0.3) is 0 Å². The number of aromatic nitrogens is 1. The van der Waals surface area contributed by atoms with Crippen molar-refractivity contribution in [2.45, 2.75) is 19.3 Å². The van der Waals surface area contributed by atoms with Crippen LogP contribution in [0.3, 0.4) is 0 Å². The topological polar surface area (TPSA) is 54.8 Å². The minimum atomic E-state index is 0.0278. The molecule has 0 fully saturated rings. The SMILES string of the molecule is COc1cccc(C(CC2=NCCN2C(C)=O)c2ccccn2)c1. The predicted octanol–water partition coefficient (Wildman–Crippen LogP) is 2.87. The largest absolute Gasteiger partial charge is 0.497 e. The summed E-state index contributed by atoms with van der Waals surface area (Å²) in [5.74, 6) is 1.71. The van der Waals surface area contributed by atoms with Gasteiger partial charge < -0.3 is 4.74 Å². The molecule has 0 N–H and O–H groups in total. The Morgan fingerprint density at radius 3 is 2.88 bits per heavy atom.